The quantitative estimate of drug-likeness (QED) is 0.735. The number of benzene rings is 1. The normalized spacial score (nSPS) is 18.0. The van der Waals surface area contributed by atoms with Gasteiger partial charge in [0.25, 0.3) is 0 Å². The highest BCUT2D eigenvalue weighted by molar-refractivity contribution is 6.43. The molecule has 0 saturated carbocycles. The van der Waals surface area contributed by atoms with E-state index in [1.54, 1.807) is 0 Å². The molecule has 0 fully saturated rings. The highest BCUT2D eigenvalue weighted by Crippen LogP contribution is 2.30. The predicted octanol–water partition coefficient (Wildman–Crippen LogP) is -0.312. The predicted molar refractivity (Wildman–Crippen MR) is 87.8 cm³/mol. The van der Waals surface area contributed by atoms with E-state index >= 15 is 0 Å². The maximum atomic E-state index is 12.9. The summed E-state index contributed by atoms with van der Waals surface area (Å²) in [4.78, 5) is 24.2. The number of hydrogen-bond acceptors (Lipinski definition) is 3. The minimum absolute atomic E-state index is 0.0421. The average molecular weight is 361 g/mol. The Kier molecular flexibility index (Phi) is 4.49. The second-order valence-corrected chi connectivity index (χ2v) is 6.27. The van der Waals surface area contributed by atoms with Crippen molar-refractivity contribution in [3.05, 3.63) is 17.2 Å². The van der Waals surface area contributed by atoms with Crippen LogP contribution in [0.2, 0.25) is 0 Å². The summed E-state index contributed by atoms with van der Waals surface area (Å²) in [5, 5.41) is 15.9. The summed E-state index contributed by atoms with van der Waals surface area (Å²) < 4.78 is 38.8. The van der Waals surface area contributed by atoms with Crippen LogP contribution in [0.3, 0.4) is 0 Å². The summed E-state index contributed by atoms with van der Waals surface area (Å²) in [5.41, 5.74) is 1.56. The first-order chi connectivity index (χ1) is 12.1. The van der Waals surface area contributed by atoms with Crippen molar-refractivity contribution in [2.24, 2.45) is 5.92 Å². The van der Waals surface area contributed by atoms with E-state index in [9.17, 15) is 22.8 Å². The molecule has 1 aliphatic heterocycles. The fourth-order valence-corrected chi connectivity index (χ4v) is 3.34. The molecule has 2 heterocycles. The van der Waals surface area contributed by atoms with Crippen molar-refractivity contribution in [1.82, 2.24) is 15.1 Å². The fraction of sp³-hybridized carbons (Fsp3) is 0.400. The zero-order valence-corrected chi connectivity index (χ0v) is 13.4. The molecule has 132 valence electrons. The van der Waals surface area contributed by atoms with Gasteiger partial charge in [-0.1, -0.05) is 11.5 Å². The number of hydrogen-bond donors (Lipinski definition) is 2. The standard InChI is InChI=1S/C15H12B2F3N3O3/c16-9-2-6-1-7(3-10(24)25)14(26)23(5-15(18,19)20)4-8(6)11-12(9)21-22-13(11)17/h2,7H,1,3-5H2,(H,21,22)(H,24,25)/t7-/m0/s1. The summed E-state index contributed by atoms with van der Waals surface area (Å²) in [6.07, 6.45) is -5.24. The Labute approximate surface area is 148 Å². The Morgan fingerprint density at radius 2 is 2.12 bits per heavy atom. The van der Waals surface area contributed by atoms with Crippen LogP contribution in [-0.2, 0) is 22.6 Å². The Balaban J connectivity index is 2.16. The van der Waals surface area contributed by atoms with Gasteiger partial charge in [0.15, 0.2) is 0 Å². The van der Waals surface area contributed by atoms with Gasteiger partial charge in [-0.2, -0.15) is 18.3 Å². The van der Waals surface area contributed by atoms with Gasteiger partial charge >= 0.3 is 12.1 Å². The van der Waals surface area contributed by atoms with Gasteiger partial charge in [0.1, 0.15) is 22.2 Å². The van der Waals surface area contributed by atoms with E-state index in [2.05, 4.69) is 10.2 Å². The molecule has 0 bridgehead atoms. The maximum Gasteiger partial charge on any atom is 0.406 e. The molecule has 1 amide bonds. The Hall–Kier alpha value is -2.45. The number of aromatic amines is 1. The third-order valence-corrected chi connectivity index (χ3v) is 4.35. The molecule has 26 heavy (non-hydrogen) atoms. The Morgan fingerprint density at radius 3 is 2.73 bits per heavy atom. The molecule has 0 saturated heterocycles. The number of amides is 1. The van der Waals surface area contributed by atoms with Crippen molar-refractivity contribution in [1.29, 1.82) is 0 Å². The highest BCUT2D eigenvalue weighted by atomic mass is 19.4. The number of fused-ring (bicyclic) bond motifs is 3. The van der Waals surface area contributed by atoms with Crippen LogP contribution in [0.15, 0.2) is 6.07 Å². The zero-order chi connectivity index (χ0) is 19.2. The van der Waals surface area contributed by atoms with Gasteiger partial charge in [-0.15, -0.1) is 0 Å². The van der Waals surface area contributed by atoms with Crippen LogP contribution in [0.1, 0.15) is 17.5 Å². The van der Waals surface area contributed by atoms with Crippen LogP contribution in [0.25, 0.3) is 10.9 Å². The average Bonchev–Trinajstić information content (AvgIpc) is 2.84. The number of halogens is 3. The molecular weight excluding hydrogens is 349 g/mol. The van der Waals surface area contributed by atoms with E-state index in [0.717, 1.165) is 0 Å². The van der Waals surface area contributed by atoms with E-state index in [-0.39, 0.29) is 24.0 Å². The summed E-state index contributed by atoms with van der Waals surface area (Å²) in [6, 6.07) is 1.51. The number of aromatic nitrogens is 2. The number of carbonyl (C=O) groups excluding carboxylic acids is 1. The largest absolute Gasteiger partial charge is 0.481 e. The number of rotatable bonds is 3. The molecule has 0 unspecified atom stereocenters. The van der Waals surface area contributed by atoms with Crippen molar-refractivity contribution in [3.63, 3.8) is 0 Å². The molecule has 11 heteroatoms. The van der Waals surface area contributed by atoms with E-state index in [1.807, 2.05) is 0 Å². The van der Waals surface area contributed by atoms with Crippen LogP contribution in [0, 0.1) is 5.92 Å². The molecular formula is C15H12B2F3N3O3. The lowest BCUT2D eigenvalue weighted by Crippen LogP contribution is -2.41. The molecule has 1 aromatic heterocycles. The van der Waals surface area contributed by atoms with Crippen molar-refractivity contribution < 1.29 is 27.9 Å². The van der Waals surface area contributed by atoms with Crippen LogP contribution < -0.4 is 11.1 Å². The molecule has 1 aliphatic rings. The van der Waals surface area contributed by atoms with Gasteiger partial charge in [-0.05, 0) is 23.1 Å². The van der Waals surface area contributed by atoms with Gasteiger partial charge in [0.2, 0.25) is 5.91 Å². The lowest BCUT2D eigenvalue weighted by atomic mass is 9.83. The molecule has 2 N–H and O–H groups in total. The minimum Gasteiger partial charge on any atom is -0.481 e. The molecule has 2 aromatic rings. The second-order valence-electron chi connectivity index (χ2n) is 6.27. The minimum atomic E-state index is -4.62. The van der Waals surface area contributed by atoms with Crippen molar-refractivity contribution in [2.45, 2.75) is 25.6 Å². The first-order valence-corrected chi connectivity index (χ1v) is 7.68. The third-order valence-electron chi connectivity index (χ3n) is 4.35. The van der Waals surface area contributed by atoms with E-state index in [1.165, 1.54) is 6.07 Å². The van der Waals surface area contributed by atoms with E-state index in [4.69, 9.17) is 20.8 Å². The van der Waals surface area contributed by atoms with Crippen LogP contribution >= 0.6 is 0 Å². The summed E-state index contributed by atoms with van der Waals surface area (Å²) in [6.45, 7) is -1.84. The number of carbonyl (C=O) groups is 2. The van der Waals surface area contributed by atoms with Crippen LogP contribution in [-0.4, -0.2) is 60.5 Å². The highest BCUT2D eigenvalue weighted by Gasteiger charge is 2.38. The smallest absolute Gasteiger partial charge is 0.406 e. The van der Waals surface area contributed by atoms with Crippen LogP contribution in [0.4, 0.5) is 13.2 Å². The number of nitrogens with one attached hydrogen (secondary N) is 1. The molecule has 1 aromatic carbocycles. The molecule has 0 spiro atoms. The maximum absolute atomic E-state index is 12.9. The summed E-state index contributed by atoms with van der Waals surface area (Å²) in [5.74, 6) is -3.26. The van der Waals surface area contributed by atoms with E-state index in [0.29, 0.717) is 26.9 Å². The summed E-state index contributed by atoms with van der Waals surface area (Å²) >= 11 is 0. The SMILES string of the molecule is [B]c1cc2c(c3c([B])[nH]nc13)CN(CC(F)(F)F)C(=O)[C@H](CC(=O)O)C2. The van der Waals surface area contributed by atoms with Gasteiger partial charge in [0.05, 0.1) is 17.9 Å². The number of H-pyrrole nitrogens is 1. The molecule has 1 atom stereocenters. The monoisotopic (exact) mass is 361 g/mol. The van der Waals surface area contributed by atoms with Gasteiger partial charge in [0, 0.05) is 11.9 Å². The lowest BCUT2D eigenvalue weighted by Gasteiger charge is -2.25. The first kappa shape index (κ1) is 18.3. The Morgan fingerprint density at radius 1 is 1.42 bits per heavy atom. The summed E-state index contributed by atoms with van der Waals surface area (Å²) in [7, 11) is 11.8. The lowest BCUT2D eigenvalue weighted by molar-refractivity contribution is -0.165. The van der Waals surface area contributed by atoms with Gasteiger partial charge < -0.3 is 10.0 Å². The van der Waals surface area contributed by atoms with Crippen LogP contribution in [0.5, 0.6) is 0 Å². The topological polar surface area (TPSA) is 86.3 Å². The number of nitrogens with zero attached hydrogens (tertiary/aromatic N) is 2. The number of alkyl halides is 3. The number of aliphatic carboxylic acids is 1. The molecule has 4 radical (unpaired) electrons. The molecule has 0 aliphatic carbocycles. The van der Waals surface area contributed by atoms with Gasteiger partial charge in [-0.3, -0.25) is 14.7 Å². The second kappa shape index (κ2) is 6.37. The van der Waals surface area contributed by atoms with E-state index < -0.39 is 36.9 Å². The van der Waals surface area contributed by atoms with Crippen molar-refractivity contribution in [3.8, 4) is 0 Å². The number of carboxylic acid groups (broad SMARTS) is 1. The number of carboxylic acids is 1. The first-order valence-electron chi connectivity index (χ1n) is 7.68. The van der Waals surface area contributed by atoms with Crippen molar-refractivity contribution in [2.75, 3.05) is 6.54 Å². The molecule has 3 rings (SSSR count). The third kappa shape index (κ3) is 3.42. The zero-order valence-electron chi connectivity index (χ0n) is 13.4. The van der Waals surface area contributed by atoms with Gasteiger partial charge in [-0.25, -0.2) is 0 Å². The van der Waals surface area contributed by atoms with Crippen molar-refractivity contribution >= 4 is 49.5 Å². The molecule has 6 nitrogen and oxygen atoms in total. The fourth-order valence-electron chi connectivity index (χ4n) is 3.34. The Bertz CT molecular complexity index is 898.